The quantitative estimate of drug-likeness (QED) is 0.846. The van der Waals surface area contributed by atoms with Gasteiger partial charge in [-0.15, -0.1) is 0 Å². The van der Waals surface area contributed by atoms with Crippen molar-refractivity contribution in [3.8, 4) is 17.3 Å². The summed E-state index contributed by atoms with van der Waals surface area (Å²) in [6.45, 7) is 10.9. The molecule has 0 unspecified atom stereocenters. The van der Waals surface area contributed by atoms with Gasteiger partial charge in [0.1, 0.15) is 0 Å². The number of piperazine rings is 1. The van der Waals surface area contributed by atoms with Crippen LogP contribution in [-0.4, -0.2) is 51.2 Å². The van der Waals surface area contributed by atoms with E-state index in [-0.39, 0.29) is 5.41 Å². The number of hydrogen-bond acceptors (Lipinski definition) is 4. The van der Waals surface area contributed by atoms with Gasteiger partial charge < -0.3 is 5.11 Å². The van der Waals surface area contributed by atoms with Crippen LogP contribution in [0.15, 0.2) is 42.6 Å². The Bertz CT molecular complexity index is 944. The van der Waals surface area contributed by atoms with Crippen LogP contribution >= 0.6 is 0 Å². The van der Waals surface area contributed by atoms with E-state index >= 15 is 0 Å². The van der Waals surface area contributed by atoms with Gasteiger partial charge in [0.2, 0.25) is 0 Å². The number of carbonyl (C=O) groups is 1. The topological polar surface area (TPSA) is 80.5 Å². The monoisotopic (exact) mass is 392 g/mol. The first-order valence-corrected chi connectivity index (χ1v) is 9.82. The Kier molecular flexibility index (Phi) is 5.63. The molecular weight excluding hydrogens is 364 g/mol. The van der Waals surface area contributed by atoms with Crippen LogP contribution in [0.2, 0.25) is 0 Å². The molecule has 2 heterocycles. The Morgan fingerprint density at radius 2 is 2.03 bits per heavy atom. The molecule has 2 aromatic rings. The van der Waals surface area contributed by atoms with E-state index in [9.17, 15) is 9.90 Å². The summed E-state index contributed by atoms with van der Waals surface area (Å²) in [5.41, 5.74) is 2.83. The van der Waals surface area contributed by atoms with Crippen molar-refractivity contribution in [2.75, 3.05) is 19.6 Å². The summed E-state index contributed by atoms with van der Waals surface area (Å²) in [5, 5.41) is 18.8. The van der Waals surface area contributed by atoms with Crippen molar-refractivity contribution in [3.63, 3.8) is 0 Å². The fourth-order valence-corrected chi connectivity index (χ4v) is 3.92. The van der Waals surface area contributed by atoms with Crippen molar-refractivity contribution < 1.29 is 9.90 Å². The van der Waals surface area contributed by atoms with E-state index in [4.69, 9.17) is 5.26 Å². The van der Waals surface area contributed by atoms with Crippen molar-refractivity contribution >= 4 is 6.09 Å². The third-order valence-corrected chi connectivity index (χ3v) is 6.13. The molecule has 1 fully saturated rings. The van der Waals surface area contributed by atoms with Crippen molar-refractivity contribution in [1.82, 2.24) is 14.8 Å². The second kappa shape index (κ2) is 7.84. The van der Waals surface area contributed by atoms with Crippen molar-refractivity contribution in [2.45, 2.75) is 39.8 Å². The lowest BCUT2D eigenvalue weighted by Crippen LogP contribution is -2.67. The fraction of sp³-hybridized carbons (Fsp3) is 0.435. The maximum absolute atomic E-state index is 11.8. The lowest BCUT2D eigenvalue weighted by molar-refractivity contribution is -0.0461. The molecule has 29 heavy (non-hydrogen) atoms. The van der Waals surface area contributed by atoms with Crippen LogP contribution in [0.1, 0.15) is 38.8 Å². The number of amides is 1. The standard InChI is InChI=1S/C23H28N4O2/c1-22(2,3)23(4)16-26(10-11-27(23)21(28)29)15-18-6-5-7-19(12-18)20-13-17(14-24)8-9-25-20/h5-9,12-13H,10-11,15-16H2,1-4H3,(H,28,29)/t23-/m1/s1. The first-order chi connectivity index (χ1) is 13.6. The van der Waals surface area contributed by atoms with E-state index in [1.807, 2.05) is 19.1 Å². The zero-order chi connectivity index (χ0) is 21.2. The molecular formula is C23H28N4O2. The first kappa shape index (κ1) is 20.8. The summed E-state index contributed by atoms with van der Waals surface area (Å²) in [6, 6.07) is 13.8. The summed E-state index contributed by atoms with van der Waals surface area (Å²) in [4.78, 5) is 20.1. The summed E-state index contributed by atoms with van der Waals surface area (Å²) in [6.07, 6.45) is 0.799. The number of hydrogen-bond donors (Lipinski definition) is 1. The Balaban J connectivity index is 1.82. The molecule has 152 valence electrons. The predicted octanol–water partition coefficient (Wildman–Crippen LogP) is 4.22. The van der Waals surface area contributed by atoms with Gasteiger partial charge in [0.25, 0.3) is 0 Å². The summed E-state index contributed by atoms with van der Waals surface area (Å²) in [5.74, 6) is 0. The van der Waals surface area contributed by atoms with Crippen molar-refractivity contribution in [2.24, 2.45) is 5.41 Å². The van der Waals surface area contributed by atoms with E-state index in [1.165, 1.54) is 0 Å². The first-order valence-electron chi connectivity index (χ1n) is 9.82. The molecule has 3 rings (SSSR count). The predicted molar refractivity (Wildman–Crippen MR) is 112 cm³/mol. The van der Waals surface area contributed by atoms with Gasteiger partial charge in [0, 0.05) is 37.9 Å². The van der Waals surface area contributed by atoms with Crippen LogP contribution in [0.4, 0.5) is 4.79 Å². The molecule has 1 aromatic heterocycles. The molecule has 0 aliphatic carbocycles. The maximum Gasteiger partial charge on any atom is 0.407 e. The number of rotatable bonds is 3. The highest BCUT2D eigenvalue weighted by molar-refractivity contribution is 5.66. The number of nitriles is 1. The van der Waals surface area contributed by atoms with Crippen LogP contribution in [-0.2, 0) is 6.54 Å². The van der Waals surface area contributed by atoms with Gasteiger partial charge in [-0.1, -0.05) is 39.0 Å². The molecule has 0 radical (unpaired) electrons. The van der Waals surface area contributed by atoms with Crippen LogP contribution in [0.5, 0.6) is 0 Å². The number of aromatic nitrogens is 1. The highest BCUT2D eigenvalue weighted by Crippen LogP contribution is 2.38. The highest BCUT2D eigenvalue weighted by Gasteiger charge is 2.48. The van der Waals surface area contributed by atoms with E-state index in [0.717, 1.165) is 23.4 Å². The minimum atomic E-state index is -0.854. The number of carboxylic acid groups (broad SMARTS) is 1. The largest absolute Gasteiger partial charge is 0.465 e. The third kappa shape index (κ3) is 4.25. The highest BCUT2D eigenvalue weighted by atomic mass is 16.4. The normalized spacial score (nSPS) is 20.3. The fourth-order valence-electron chi connectivity index (χ4n) is 3.92. The molecule has 0 bridgehead atoms. The molecule has 1 aliphatic heterocycles. The molecule has 1 amide bonds. The van der Waals surface area contributed by atoms with Gasteiger partial charge in [-0.3, -0.25) is 14.8 Å². The number of nitrogens with zero attached hydrogens (tertiary/aromatic N) is 4. The Labute approximate surface area is 172 Å². The Hall–Kier alpha value is -2.91. The minimum Gasteiger partial charge on any atom is -0.465 e. The molecule has 1 aromatic carbocycles. The zero-order valence-corrected chi connectivity index (χ0v) is 17.5. The second-order valence-corrected chi connectivity index (χ2v) is 8.91. The van der Waals surface area contributed by atoms with E-state index < -0.39 is 11.6 Å². The third-order valence-electron chi connectivity index (χ3n) is 6.13. The van der Waals surface area contributed by atoms with Crippen molar-refractivity contribution in [3.05, 3.63) is 53.7 Å². The Morgan fingerprint density at radius 1 is 1.28 bits per heavy atom. The van der Waals surface area contributed by atoms with Crippen LogP contribution in [0.25, 0.3) is 11.3 Å². The van der Waals surface area contributed by atoms with E-state index in [2.05, 4.69) is 48.9 Å². The molecule has 1 N–H and O–H groups in total. The van der Waals surface area contributed by atoms with Crippen LogP contribution in [0.3, 0.4) is 0 Å². The molecule has 6 heteroatoms. The zero-order valence-electron chi connectivity index (χ0n) is 17.5. The minimum absolute atomic E-state index is 0.187. The smallest absolute Gasteiger partial charge is 0.407 e. The second-order valence-electron chi connectivity index (χ2n) is 8.91. The molecule has 1 aliphatic rings. The molecule has 0 saturated carbocycles. The van der Waals surface area contributed by atoms with Crippen LogP contribution in [0, 0.1) is 16.7 Å². The van der Waals surface area contributed by atoms with Gasteiger partial charge in [0.05, 0.1) is 22.9 Å². The molecule has 1 saturated heterocycles. The van der Waals surface area contributed by atoms with Gasteiger partial charge in [-0.25, -0.2) is 4.79 Å². The van der Waals surface area contributed by atoms with Crippen molar-refractivity contribution in [1.29, 1.82) is 5.26 Å². The molecule has 6 nitrogen and oxygen atoms in total. The summed E-state index contributed by atoms with van der Waals surface area (Å²) in [7, 11) is 0. The SMILES string of the molecule is CC(C)(C)[C@@]1(C)CN(Cc2cccc(-c3cc(C#N)ccn3)c2)CCN1C(=O)O. The number of benzene rings is 1. The van der Waals surface area contributed by atoms with Crippen LogP contribution < -0.4 is 0 Å². The summed E-state index contributed by atoms with van der Waals surface area (Å²) >= 11 is 0. The van der Waals surface area contributed by atoms with Gasteiger partial charge >= 0.3 is 6.09 Å². The Morgan fingerprint density at radius 3 is 2.69 bits per heavy atom. The average Bonchev–Trinajstić information content (AvgIpc) is 2.67. The van der Waals surface area contributed by atoms with Gasteiger partial charge in [-0.2, -0.15) is 5.26 Å². The van der Waals surface area contributed by atoms with E-state index in [1.54, 1.807) is 23.2 Å². The number of pyridine rings is 1. The maximum atomic E-state index is 11.8. The van der Waals surface area contributed by atoms with E-state index in [0.29, 0.717) is 25.2 Å². The average molecular weight is 393 g/mol. The van der Waals surface area contributed by atoms with Gasteiger partial charge in [-0.05, 0) is 36.1 Å². The lowest BCUT2D eigenvalue weighted by atomic mass is 9.72. The lowest BCUT2D eigenvalue weighted by Gasteiger charge is -2.54. The molecule has 1 atom stereocenters. The molecule has 0 spiro atoms. The van der Waals surface area contributed by atoms with Gasteiger partial charge in [0.15, 0.2) is 0 Å². The summed E-state index contributed by atoms with van der Waals surface area (Å²) < 4.78 is 0.